The summed E-state index contributed by atoms with van der Waals surface area (Å²) < 4.78 is 0. The molecule has 0 aliphatic heterocycles. The predicted molar refractivity (Wildman–Crippen MR) is 57.1 cm³/mol. The van der Waals surface area contributed by atoms with Crippen molar-refractivity contribution in [3.8, 4) is 0 Å². The highest BCUT2D eigenvalue weighted by molar-refractivity contribution is 5.39. The smallest absolute Gasteiger partial charge is 0.126 e. The van der Waals surface area contributed by atoms with Gasteiger partial charge in [-0.1, -0.05) is 6.92 Å². The number of hydrogen-bond acceptors (Lipinski definition) is 2. The third-order valence-electron chi connectivity index (χ3n) is 2.10. The SMILES string of the molecule is CCC(C)Nc1cc(C)cc(C)n1. The molecule has 0 fully saturated rings. The maximum absolute atomic E-state index is 4.41. The van der Waals surface area contributed by atoms with E-state index in [1.165, 1.54) is 5.56 Å². The van der Waals surface area contributed by atoms with Crippen molar-refractivity contribution < 1.29 is 0 Å². The van der Waals surface area contributed by atoms with Crippen LogP contribution in [-0.2, 0) is 0 Å². The highest BCUT2D eigenvalue weighted by atomic mass is 15.0. The van der Waals surface area contributed by atoms with E-state index in [0.29, 0.717) is 6.04 Å². The van der Waals surface area contributed by atoms with Crippen LogP contribution in [0.3, 0.4) is 0 Å². The molecule has 0 amide bonds. The highest BCUT2D eigenvalue weighted by Gasteiger charge is 2.00. The van der Waals surface area contributed by atoms with Crippen LogP contribution in [0.1, 0.15) is 31.5 Å². The Balaban J connectivity index is 2.77. The van der Waals surface area contributed by atoms with Gasteiger partial charge >= 0.3 is 0 Å². The lowest BCUT2D eigenvalue weighted by Crippen LogP contribution is -2.14. The van der Waals surface area contributed by atoms with Crippen molar-refractivity contribution in [2.75, 3.05) is 5.32 Å². The lowest BCUT2D eigenvalue weighted by atomic mass is 10.2. The fraction of sp³-hybridized carbons (Fsp3) is 0.545. The zero-order valence-electron chi connectivity index (χ0n) is 8.89. The third kappa shape index (κ3) is 3.05. The summed E-state index contributed by atoms with van der Waals surface area (Å²) in [6.07, 6.45) is 1.12. The Morgan fingerprint density at radius 2 is 2.08 bits per heavy atom. The van der Waals surface area contributed by atoms with Gasteiger partial charge in [0.25, 0.3) is 0 Å². The molecular formula is C11H18N2. The maximum atomic E-state index is 4.41. The molecule has 0 bridgehead atoms. The second-order valence-corrected chi connectivity index (χ2v) is 3.62. The van der Waals surface area contributed by atoms with Crippen LogP contribution < -0.4 is 5.32 Å². The Morgan fingerprint density at radius 1 is 1.38 bits per heavy atom. The fourth-order valence-corrected chi connectivity index (χ4v) is 1.27. The first kappa shape index (κ1) is 10.0. The maximum Gasteiger partial charge on any atom is 0.126 e. The van der Waals surface area contributed by atoms with E-state index in [2.05, 4.69) is 43.2 Å². The van der Waals surface area contributed by atoms with E-state index in [-0.39, 0.29) is 0 Å². The highest BCUT2D eigenvalue weighted by Crippen LogP contribution is 2.10. The Morgan fingerprint density at radius 3 is 2.62 bits per heavy atom. The van der Waals surface area contributed by atoms with Gasteiger partial charge in [-0.25, -0.2) is 4.98 Å². The van der Waals surface area contributed by atoms with Crippen LogP contribution in [0.4, 0.5) is 5.82 Å². The summed E-state index contributed by atoms with van der Waals surface area (Å²) in [6, 6.07) is 4.66. The molecule has 1 atom stereocenters. The zero-order chi connectivity index (χ0) is 9.84. The van der Waals surface area contributed by atoms with Crippen LogP contribution in [0.2, 0.25) is 0 Å². The van der Waals surface area contributed by atoms with E-state index in [0.717, 1.165) is 17.9 Å². The van der Waals surface area contributed by atoms with Crippen LogP contribution >= 0.6 is 0 Å². The van der Waals surface area contributed by atoms with Gasteiger partial charge in [0.1, 0.15) is 5.82 Å². The van der Waals surface area contributed by atoms with E-state index in [4.69, 9.17) is 0 Å². The van der Waals surface area contributed by atoms with E-state index >= 15 is 0 Å². The van der Waals surface area contributed by atoms with Crippen molar-refractivity contribution in [2.24, 2.45) is 0 Å². The van der Waals surface area contributed by atoms with E-state index in [1.807, 2.05) is 6.92 Å². The molecule has 1 rings (SSSR count). The number of aromatic nitrogens is 1. The number of nitrogens with one attached hydrogen (secondary N) is 1. The molecule has 1 unspecified atom stereocenters. The topological polar surface area (TPSA) is 24.9 Å². The molecule has 13 heavy (non-hydrogen) atoms. The summed E-state index contributed by atoms with van der Waals surface area (Å²) in [5.41, 5.74) is 2.34. The molecule has 1 N–H and O–H groups in total. The number of hydrogen-bond donors (Lipinski definition) is 1. The molecule has 0 aliphatic carbocycles. The van der Waals surface area contributed by atoms with Crippen LogP contribution in [0.15, 0.2) is 12.1 Å². The van der Waals surface area contributed by atoms with Gasteiger partial charge < -0.3 is 5.32 Å². The summed E-state index contributed by atoms with van der Waals surface area (Å²) in [5.74, 6) is 0.992. The van der Waals surface area contributed by atoms with Gasteiger partial charge in [-0.15, -0.1) is 0 Å². The molecule has 0 radical (unpaired) electrons. The summed E-state index contributed by atoms with van der Waals surface area (Å²) in [7, 11) is 0. The van der Waals surface area contributed by atoms with Crippen molar-refractivity contribution in [3.05, 3.63) is 23.4 Å². The Kier molecular flexibility index (Phi) is 3.29. The van der Waals surface area contributed by atoms with Gasteiger partial charge in [-0.2, -0.15) is 0 Å². The van der Waals surface area contributed by atoms with Crippen molar-refractivity contribution in [1.29, 1.82) is 0 Å². The first-order valence-electron chi connectivity index (χ1n) is 4.83. The minimum absolute atomic E-state index is 0.494. The van der Waals surface area contributed by atoms with E-state index in [9.17, 15) is 0 Å². The molecule has 1 aromatic heterocycles. The molecule has 1 heterocycles. The normalized spacial score (nSPS) is 12.6. The number of pyridine rings is 1. The van der Waals surface area contributed by atoms with Crippen LogP contribution in [0.25, 0.3) is 0 Å². The summed E-state index contributed by atoms with van der Waals surface area (Å²) in [5, 5.41) is 3.36. The first-order chi connectivity index (χ1) is 6.11. The second-order valence-electron chi connectivity index (χ2n) is 3.62. The summed E-state index contributed by atoms with van der Waals surface area (Å²) in [6.45, 7) is 8.45. The monoisotopic (exact) mass is 178 g/mol. The first-order valence-corrected chi connectivity index (χ1v) is 4.83. The molecule has 0 saturated heterocycles. The molecule has 2 nitrogen and oxygen atoms in total. The zero-order valence-corrected chi connectivity index (χ0v) is 8.89. The lowest BCUT2D eigenvalue weighted by Gasteiger charge is -2.12. The quantitative estimate of drug-likeness (QED) is 0.769. The van der Waals surface area contributed by atoms with Gasteiger partial charge in [0.2, 0.25) is 0 Å². The molecule has 72 valence electrons. The van der Waals surface area contributed by atoms with Crippen LogP contribution in [-0.4, -0.2) is 11.0 Å². The molecule has 1 aromatic rings. The fourth-order valence-electron chi connectivity index (χ4n) is 1.27. The van der Waals surface area contributed by atoms with Crippen LogP contribution in [0, 0.1) is 13.8 Å². The average Bonchev–Trinajstić information content (AvgIpc) is 2.02. The van der Waals surface area contributed by atoms with Gasteiger partial charge in [0.15, 0.2) is 0 Å². The molecule has 0 aliphatic rings. The molecule has 0 spiro atoms. The largest absolute Gasteiger partial charge is 0.368 e. The average molecular weight is 178 g/mol. The lowest BCUT2D eigenvalue weighted by molar-refractivity contribution is 0.758. The number of rotatable bonds is 3. The summed E-state index contributed by atoms with van der Waals surface area (Å²) in [4.78, 5) is 4.41. The molecular weight excluding hydrogens is 160 g/mol. The third-order valence-corrected chi connectivity index (χ3v) is 2.10. The number of anilines is 1. The summed E-state index contributed by atoms with van der Waals surface area (Å²) >= 11 is 0. The van der Waals surface area contributed by atoms with Crippen molar-refractivity contribution in [1.82, 2.24) is 4.98 Å². The van der Waals surface area contributed by atoms with Gasteiger partial charge in [0, 0.05) is 11.7 Å². The minimum Gasteiger partial charge on any atom is -0.368 e. The van der Waals surface area contributed by atoms with Gasteiger partial charge in [0.05, 0.1) is 0 Å². The minimum atomic E-state index is 0.494. The molecule has 0 aromatic carbocycles. The second kappa shape index (κ2) is 4.26. The van der Waals surface area contributed by atoms with Crippen molar-refractivity contribution in [3.63, 3.8) is 0 Å². The van der Waals surface area contributed by atoms with Gasteiger partial charge in [-0.05, 0) is 44.9 Å². The van der Waals surface area contributed by atoms with Crippen molar-refractivity contribution in [2.45, 2.75) is 40.2 Å². The van der Waals surface area contributed by atoms with Crippen LogP contribution in [0.5, 0.6) is 0 Å². The number of aryl methyl sites for hydroxylation is 2. The Bertz CT molecular complexity index is 261. The molecule has 0 saturated carbocycles. The van der Waals surface area contributed by atoms with E-state index < -0.39 is 0 Å². The standard InChI is InChI=1S/C11H18N2/c1-5-9(3)12-11-7-8(2)6-10(4)13-11/h6-7,9H,5H2,1-4H3,(H,12,13). The molecule has 2 heteroatoms. The van der Waals surface area contributed by atoms with Gasteiger partial charge in [-0.3, -0.25) is 0 Å². The van der Waals surface area contributed by atoms with Crippen molar-refractivity contribution >= 4 is 5.82 Å². The predicted octanol–water partition coefficient (Wildman–Crippen LogP) is 2.91. The number of nitrogens with zero attached hydrogens (tertiary/aromatic N) is 1. The Hall–Kier alpha value is -1.05. The van der Waals surface area contributed by atoms with E-state index in [1.54, 1.807) is 0 Å². The Labute approximate surface area is 80.4 Å².